The van der Waals surface area contributed by atoms with E-state index < -0.39 is 0 Å². The van der Waals surface area contributed by atoms with Crippen molar-refractivity contribution >= 4 is 35.4 Å². The van der Waals surface area contributed by atoms with Crippen molar-refractivity contribution in [3.05, 3.63) is 63.4 Å². The molecule has 0 radical (unpaired) electrons. The van der Waals surface area contributed by atoms with Crippen LogP contribution in [0.15, 0.2) is 57.9 Å². The topological polar surface area (TPSA) is 17.1 Å². The van der Waals surface area contributed by atoms with Gasteiger partial charge in [-0.2, -0.15) is 0 Å². The van der Waals surface area contributed by atoms with Gasteiger partial charge >= 0.3 is 0 Å². The van der Waals surface area contributed by atoms with Crippen molar-refractivity contribution in [2.75, 3.05) is 11.5 Å². The molecule has 0 spiro atoms. The zero-order chi connectivity index (χ0) is 14.5. The van der Waals surface area contributed by atoms with Gasteiger partial charge < -0.3 is 0 Å². The summed E-state index contributed by atoms with van der Waals surface area (Å²) in [7, 11) is 0. The Bertz CT molecular complexity index is 603. The van der Waals surface area contributed by atoms with Crippen LogP contribution in [-0.2, 0) is 4.79 Å². The number of carbonyl (C=O) groups is 1. The number of benzene rings is 1. The maximum atomic E-state index is 12.5. The van der Waals surface area contributed by atoms with Crippen LogP contribution in [0.3, 0.4) is 0 Å². The minimum atomic E-state index is 0.268. The molecule has 108 valence electrons. The number of Topliss-reactive ketones (excluding diaryl/α,β-unsaturated/α-hetero) is 1. The summed E-state index contributed by atoms with van der Waals surface area (Å²) in [6.45, 7) is 0. The zero-order valence-electron chi connectivity index (χ0n) is 11.9. The van der Waals surface area contributed by atoms with E-state index in [2.05, 4.69) is 18.2 Å². The fraction of sp³-hybridized carbons (Fsp3) is 0.278. The minimum absolute atomic E-state index is 0.268. The fourth-order valence-electron chi connectivity index (χ4n) is 2.48. The first-order valence-electron chi connectivity index (χ1n) is 7.30. The standard InChI is InChI=1S/C18H18OS2/c19-17-15(9-4-8-14-6-2-1-3-7-14)10-11-16(17)18-20-12-5-13-21-18/h1-4,6-9H,5,10-13H2/b8-4+,15-9+. The van der Waals surface area contributed by atoms with E-state index in [-0.39, 0.29) is 5.78 Å². The van der Waals surface area contributed by atoms with Crippen LogP contribution in [0.25, 0.3) is 6.08 Å². The molecule has 0 atom stereocenters. The minimum Gasteiger partial charge on any atom is -0.289 e. The number of ketones is 1. The van der Waals surface area contributed by atoms with Crippen LogP contribution in [-0.4, -0.2) is 17.3 Å². The van der Waals surface area contributed by atoms with Crippen molar-refractivity contribution in [2.45, 2.75) is 19.3 Å². The van der Waals surface area contributed by atoms with Crippen molar-refractivity contribution in [1.29, 1.82) is 0 Å². The lowest BCUT2D eigenvalue weighted by Gasteiger charge is -2.14. The van der Waals surface area contributed by atoms with Crippen LogP contribution in [0.4, 0.5) is 0 Å². The first kappa shape index (κ1) is 14.7. The van der Waals surface area contributed by atoms with Gasteiger partial charge in [-0.1, -0.05) is 48.6 Å². The molecule has 1 nitrogen and oxygen atoms in total. The third-order valence-electron chi connectivity index (χ3n) is 3.60. The normalized spacial score (nSPS) is 21.7. The Labute approximate surface area is 134 Å². The molecule has 21 heavy (non-hydrogen) atoms. The van der Waals surface area contributed by atoms with E-state index in [4.69, 9.17) is 0 Å². The highest BCUT2D eigenvalue weighted by molar-refractivity contribution is 8.22. The van der Waals surface area contributed by atoms with Gasteiger partial charge in [0.1, 0.15) is 0 Å². The Morgan fingerprint density at radius 1 is 1.00 bits per heavy atom. The van der Waals surface area contributed by atoms with Gasteiger partial charge in [0.25, 0.3) is 0 Å². The Balaban J connectivity index is 1.71. The van der Waals surface area contributed by atoms with Crippen LogP contribution < -0.4 is 0 Å². The van der Waals surface area contributed by atoms with Crippen molar-refractivity contribution in [3.63, 3.8) is 0 Å². The lowest BCUT2D eigenvalue weighted by molar-refractivity contribution is -0.111. The highest BCUT2D eigenvalue weighted by Crippen LogP contribution is 2.42. The average Bonchev–Trinajstić information content (AvgIpc) is 2.90. The predicted molar refractivity (Wildman–Crippen MR) is 94.4 cm³/mol. The van der Waals surface area contributed by atoms with E-state index >= 15 is 0 Å². The molecule has 0 bridgehead atoms. The maximum absolute atomic E-state index is 12.5. The molecule has 1 aliphatic heterocycles. The quantitative estimate of drug-likeness (QED) is 0.709. The van der Waals surface area contributed by atoms with Crippen LogP contribution in [0.2, 0.25) is 0 Å². The second kappa shape index (κ2) is 7.19. The van der Waals surface area contributed by atoms with Gasteiger partial charge in [0.2, 0.25) is 0 Å². The van der Waals surface area contributed by atoms with Gasteiger partial charge in [-0.25, -0.2) is 0 Å². The maximum Gasteiger partial charge on any atom is 0.186 e. The van der Waals surface area contributed by atoms with Crippen LogP contribution >= 0.6 is 23.5 Å². The fourth-order valence-corrected chi connectivity index (χ4v) is 5.18. The second-order valence-electron chi connectivity index (χ2n) is 5.11. The molecule has 1 saturated carbocycles. The third kappa shape index (κ3) is 3.72. The van der Waals surface area contributed by atoms with E-state index in [1.807, 2.05) is 53.9 Å². The molecule has 1 aromatic carbocycles. The van der Waals surface area contributed by atoms with Crippen molar-refractivity contribution in [2.24, 2.45) is 0 Å². The van der Waals surface area contributed by atoms with E-state index in [1.165, 1.54) is 10.7 Å². The van der Waals surface area contributed by atoms with Crippen molar-refractivity contribution < 1.29 is 4.79 Å². The highest BCUT2D eigenvalue weighted by atomic mass is 32.2. The first-order valence-corrected chi connectivity index (χ1v) is 9.27. The zero-order valence-corrected chi connectivity index (χ0v) is 13.5. The smallest absolute Gasteiger partial charge is 0.186 e. The second-order valence-corrected chi connectivity index (χ2v) is 7.58. The highest BCUT2D eigenvalue weighted by Gasteiger charge is 2.27. The third-order valence-corrected chi connectivity index (χ3v) is 6.31. The van der Waals surface area contributed by atoms with Crippen LogP contribution in [0, 0.1) is 0 Å². The number of hydrogen-bond donors (Lipinski definition) is 0. The molecular formula is C18H18OS2. The largest absolute Gasteiger partial charge is 0.289 e. The molecule has 3 rings (SSSR count). The lowest BCUT2D eigenvalue weighted by atomic mass is 10.1. The van der Waals surface area contributed by atoms with Crippen molar-refractivity contribution in [1.82, 2.24) is 0 Å². The summed E-state index contributed by atoms with van der Waals surface area (Å²) in [5.74, 6) is 2.59. The van der Waals surface area contributed by atoms with Crippen LogP contribution in [0.5, 0.6) is 0 Å². The first-order chi connectivity index (χ1) is 10.3. The molecule has 1 saturated heterocycles. The summed E-state index contributed by atoms with van der Waals surface area (Å²) in [6, 6.07) is 10.2. The summed E-state index contributed by atoms with van der Waals surface area (Å²) in [4.78, 5) is 12.5. The summed E-state index contributed by atoms with van der Waals surface area (Å²) >= 11 is 3.73. The Morgan fingerprint density at radius 3 is 2.52 bits per heavy atom. The van der Waals surface area contributed by atoms with Gasteiger partial charge in [-0.05, 0) is 36.3 Å². The van der Waals surface area contributed by atoms with E-state index in [0.717, 1.165) is 41.1 Å². The Morgan fingerprint density at radius 2 is 1.76 bits per heavy atom. The molecule has 2 fully saturated rings. The molecule has 0 aromatic heterocycles. The summed E-state index contributed by atoms with van der Waals surface area (Å²) in [6.07, 6.45) is 9.09. The predicted octanol–water partition coefficient (Wildman–Crippen LogP) is 5.07. The molecule has 1 heterocycles. The van der Waals surface area contributed by atoms with Gasteiger partial charge in [-0.15, -0.1) is 23.5 Å². The molecule has 1 aromatic rings. The molecular weight excluding hydrogens is 296 g/mol. The molecule has 0 amide bonds. The Kier molecular flexibility index (Phi) is 5.04. The van der Waals surface area contributed by atoms with Gasteiger partial charge in [0.05, 0.1) is 0 Å². The number of rotatable bonds is 2. The van der Waals surface area contributed by atoms with E-state index in [9.17, 15) is 4.79 Å². The summed E-state index contributed by atoms with van der Waals surface area (Å²) in [5, 5.41) is 0. The molecule has 3 heteroatoms. The molecule has 2 aliphatic rings. The van der Waals surface area contributed by atoms with Gasteiger partial charge in [0.15, 0.2) is 5.78 Å². The monoisotopic (exact) mass is 314 g/mol. The number of allylic oxidation sites excluding steroid dienone is 4. The van der Waals surface area contributed by atoms with E-state index in [1.54, 1.807) is 0 Å². The van der Waals surface area contributed by atoms with Gasteiger partial charge in [0, 0.05) is 15.4 Å². The van der Waals surface area contributed by atoms with Crippen LogP contribution in [0.1, 0.15) is 24.8 Å². The molecule has 0 unspecified atom stereocenters. The van der Waals surface area contributed by atoms with Gasteiger partial charge in [-0.3, -0.25) is 4.79 Å². The Hall–Kier alpha value is -1.19. The number of thioether (sulfide) groups is 2. The molecule has 0 N–H and O–H groups in total. The average molecular weight is 314 g/mol. The van der Waals surface area contributed by atoms with E-state index in [0.29, 0.717) is 0 Å². The number of carbonyl (C=O) groups excluding carboxylic acids is 1. The summed E-state index contributed by atoms with van der Waals surface area (Å²) in [5.41, 5.74) is 3.18. The molecule has 1 aliphatic carbocycles. The number of hydrogen-bond acceptors (Lipinski definition) is 3. The SMILES string of the molecule is O=C1C(=C2SCCCS2)CC/C1=C\C=C\c1ccccc1. The summed E-state index contributed by atoms with van der Waals surface area (Å²) < 4.78 is 1.28. The lowest BCUT2D eigenvalue weighted by Crippen LogP contribution is -2.01. The van der Waals surface area contributed by atoms with Crippen molar-refractivity contribution in [3.8, 4) is 0 Å².